The Balaban J connectivity index is 1.52. The molecule has 0 saturated carbocycles. The highest BCUT2D eigenvalue weighted by Crippen LogP contribution is 2.20. The van der Waals surface area contributed by atoms with E-state index in [1.165, 1.54) is 11.3 Å². The first-order valence-electron chi connectivity index (χ1n) is 8.82. The number of benzene rings is 2. The van der Waals surface area contributed by atoms with Gasteiger partial charge in [0, 0.05) is 11.9 Å². The number of nitrogens with zero attached hydrogens (tertiary/aromatic N) is 1. The van der Waals surface area contributed by atoms with E-state index in [2.05, 4.69) is 22.2 Å². The van der Waals surface area contributed by atoms with Crippen molar-refractivity contribution in [3.63, 3.8) is 0 Å². The maximum absolute atomic E-state index is 12.1. The fraction of sp³-hybridized carbons (Fsp3) is 0.190. The van der Waals surface area contributed by atoms with E-state index in [9.17, 15) is 9.59 Å². The molecule has 1 aromatic heterocycles. The van der Waals surface area contributed by atoms with Crippen molar-refractivity contribution in [1.82, 2.24) is 10.3 Å². The molecule has 144 valence electrons. The van der Waals surface area contributed by atoms with Crippen molar-refractivity contribution in [2.24, 2.45) is 0 Å². The molecule has 6 nitrogen and oxygen atoms in total. The van der Waals surface area contributed by atoms with Gasteiger partial charge in [-0.15, -0.1) is 17.9 Å². The summed E-state index contributed by atoms with van der Waals surface area (Å²) in [5, 5.41) is 10.3. The number of aromatic nitrogens is 1. The van der Waals surface area contributed by atoms with Gasteiger partial charge in [-0.2, -0.15) is 0 Å². The zero-order chi connectivity index (χ0) is 19.9. The molecule has 0 spiro atoms. The number of ether oxygens (including phenoxy) is 1. The van der Waals surface area contributed by atoms with Crippen molar-refractivity contribution in [3.05, 3.63) is 71.8 Å². The number of hydrogen-bond acceptors (Lipinski definition) is 6. The molecule has 1 unspecified atom stereocenters. The summed E-state index contributed by atoms with van der Waals surface area (Å²) in [6.07, 6.45) is 1.69. The molecule has 0 fully saturated rings. The van der Waals surface area contributed by atoms with Crippen molar-refractivity contribution in [1.29, 1.82) is 0 Å². The first-order chi connectivity index (χ1) is 13.6. The summed E-state index contributed by atoms with van der Waals surface area (Å²) in [5.41, 5.74) is 1.16. The van der Waals surface area contributed by atoms with Gasteiger partial charge < -0.3 is 15.4 Å². The maximum Gasteiger partial charge on any atom is 0.358 e. The van der Waals surface area contributed by atoms with Gasteiger partial charge in [0.1, 0.15) is 0 Å². The first-order valence-corrected chi connectivity index (χ1v) is 9.70. The molecule has 1 amide bonds. The summed E-state index contributed by atoms with van der Waals surface area (Å²) in [7, 11) is 0. The van der Waals surface area contributed by atoms with E-state index in [1.807, 2.05) is 49.4 Å². The SMILES string of the molecule is C=CCNc1nc(C(=O)OCC(=O)NC(C)c2ccc3ccccc3c2)cs1. The van der Waals surface area contributed by atoms with Crippen LogP contribution in [0.2, 0.25) is 0 Å². The highest BCUT2D eigenvalue weighted by atomic mass is 32.1. The van der Waals surface area contributed by atoms with E-state index in [0.717, 1.165) is 16.3 Å². The van der Waals surface area contributed by atoms with E-state index in [1.54, 1.807) is 11.5 Å². The number of fused-ring (bicyclic) bond motifs is 1. The van der Waals surface area contributed by atoms with Gasteiger partial charge in [-0.3, -0.25) is 4.79 Å². The minimum absolute atomic E-state index is 0.173. The van der Waals surface area contributed by atoms with Gasteiger partial charge in [-0.05, 0) is 29.3 Å². The van der Waals surface area contributed by atoms with Crippen LogP contribution in [-0.4, -0.2) is 30.0 Å². The highest BCUT2D eigenvalue weighted by molar-refractivity contribution is 7.13. The van der Waals surface area contributed by atoms with E-state index >= 15 is 0 Å². The second kappa shape index (κ2) is 9.14. The Bertz CT molecular complexity index is 999. The molecule has 1 atom stereocenters. The Morgan fingerprint density at radius 2 is 2.04 bits per heavy atom. The minimum atomic E-state index is -0.628. The molecule has 3 rings (SSSR count). The molecule has 0 aliphatic rings. The van der Waals surface area contributed by atoms with Crippen LogP contribution in [-0.2, 0) is 9.53 Å². The third kappa shape index (κ3) is 4.95. The lowest BCUT2D eigenvalue weighted by Gasteiger charge is -2.15. The van der Waals surface area contributed by atoms with Crippen LogP contribution in [0.1, 0.15) is 29.0 Å². The number of nitrogens with one attached hydrogen (secondary N) is 2. The van der Waals surface area contributed by atoms with E-state index in [-0.39, 0.29) is 24.2 Å². The number of carbonyl (C=O) groups is 2. The molecule has 3 aromatic rings. The summed E-state index contributed by atoms with van der Waals surface area (Å²) < 4.78 is 5.06. The number of thiazole rings is 1. The predicted octanol–water partition coefficient (Wildman–Crippen LogP) is 3.93. The minimum Gasteiger partial charge on any atom is -0.451 e. The van der Waals surface area contributed by atoms with Crippen molar-refractivity contribution in [2.45, 2.75) is 13.0 Å². The Hall–Kier alpha value is -3.19. The van der Waals surface area contributed by atoms with E-state index in [4.69, 9.17) is 4.74 Å². The summed E-state index contributed by atoms with van der Waals surface area (Å²) in [6.45, 7) is 5.69. The van der Waals surface area contributed by atoms with Crippen LogP contribution in [0.15, 0.2) is 60.5 Å². The monoisotopic (exact) mass is 395 g/mol. The second-order valence-corrected chi connectivity index (χ2v) is 7.04. The van der Waals surface area contributed by atoms with E-state index < -0.39 is 5.97 Å². The molecule has 0 aliphatic heterocycles. The van der Waals surface area contributed by atoms with Gasteiger partial charge >= 0.3 is 5.97 Å². The summed E-state index contributed by atoms with van der Waals surface area (Å²) >= 11 is 1.29. The predicted molar refractivity (Wildman–Crippen MR) is 112 cm³/mol. The topological polar surface area (TPSA) is 80.3 Å². The lowest BCUT2D eigenvalue weighted by Crippen LogP contribution is -2.31. The first kappa shape index (κ1) is 19.6. The van der Waals surface area contributed by atoms with Crippen LogP contribution < -0.4 is 10.6 Å². The van der Waals surface area contributed by atoms with Crippen LogP contribution in [0, 0.1) is 0 Å². The Morgan fingerprint density at radius 3 is 2.82 bits per heavy atom. The summed E-state index contributed by atoms with van der Waals surface area (Å²) in [4.78, 5) is 28.3. The normalized spacial score (nSPS) is 11.6. The molecule has 2 aromatic carbocycles. The molecule has 2 N–H and O–H groups in total. The number of amides is 1. The third-order valence-electron chi connectivity index (χ3n) is 4.10. The van der Waals surface area contributed by atoms with Crippen molar-refractivity contribution < 1.29 is 14.3 Å². The largest absolute Gasteiger partial charge is 0.451 e. The Labute approximate surface area is 167 Å². The zero-order valence-corrected chi connectivity index (χ0v) is 16.3. The van der Waals surface area contributed by atoms with Crippen molar-refractivity contribution in [3.8, 4) is 0 Å². The van der Waals surface area contributed by atoms with Gasteiger partial charge in [0.15, 0.2) is 17.4 Å². The fourth-order valence-corrected chi connectivity index (χ4v) is 3.35. The lowest BCUT2D eigenvalue weighted by molar-refractivity contribution is -0.124. The number of hydrogen-bond donors (Lipinski definition) is 2. The number of carbonyl (C=O) groups excluding carboxylic acids is 2. The molecule has 0 bridgehead atoms. The van der Waals surface area contributed by atoms with Crippen LogP contribution in [0.25, 0.3) is 10.8 Å². The van der Waals surface area contributed by atoms with Gasteiger partial charge in [0.05, 0.1) is 6.04 Å². The third-order valence-corrected chi connectivity index (χ3v) is 4.90. The Kier molecular flexibility index (Phi) is 6.39. The average Bonchev–Trinajstić information content (AvgIpc) is 3.19. The van der Waals surface area contributed by atoms with E-state index in [0.29, 0.717) is 11.7 Å². The van der Waals surface area contributed by atoms with Crippen LogP contribution >= 0.6 is 11.3 Å². The molecule has 0 saturated heterocycles. The van der Waals surface area contributed by atoms with Crippen LogP contribution in [0.5, 0.6) is 0 Å². The number of anilines is 1. The molecule has 7 heteroatoms. The van der Waals surface area contributed by atoms with Crippen molar-refractivity contribution in [2.75, 3.05) is 18.5 Å². The van der Waals surface area contributed by atoms with Gasteiger partial charge in [0.25, 0.3) is 5.91 Å². The lowest BCUT2D eigenvalue weighted by atomic mass is 10.0. The standard InChI is InChI=1S/C21H21N3O3S/c1-3-10-22-21-24-18(13-28-21)20(26)27-12-19(25)23-14(2)16-9-8-15-6-4-5-7-17(15)11-16/h3-9,11,13-14H,1,10,12H2,2H3,(H,22,24)(H,23,25). The van der Waals surface area contributed by atoms with Crippen LogP contribution in [0.4, 0.5) is 5.13 Å². The second-order valence-electron chi connectivity index (χ2n) is 6.18. The van der Waals surface area contributed by atoms with Gasteiger partial charge in [0.2, 0.25) is 0 Å². The smallest absolute Gasteiger partial charge is 0.358 e. The fourth-order valence-electron chi connectivity index (χ4n) is 2.66. The molecule has 0 aliphatic carbocycles. The summed E-state index contributed by atoms with van der Waals surface area (Å²) in [6, 6.07) is 13.9. The molecule has 1 heterocycles. The average molecular weight is 395 g/mol. The number of esters is 1. The van der Waals surface area contributed by atoms with Gasteiger partial charge in [-0.25, -0.2) is 9.78 Å². The quantitative estimate of drug-likeness (QED) is 0.446. The van der Waals surface area contributed by atoms with Crippen LogP contribution in [0.3, 0.4) is 0 Å². The van der Waals surface area contributed by atoms with Gasteiger partial charge in [-0.1, -0.05) is 42.5 Å². The summed E-state index contributed by atoms with van der Waals surface area (Å²) in [5.74, 6) is -0.995. The highest BCUT2D eigenvalue weighted by Gasteiger charge is 2.16. The molecule has 0 radical (unpaired) electrons. The maximum atomic E-state index is 12.1. The van der Waals surface area contributed by atoms with Crippen molar-refractivity contribution >= 4 is 39.1 Å². The number of rotatable bonds is 8. The Morgan fingerprint density at radius 1 is 1.25 bits per heavy atom. The molecule has 28 heavy (non-hydrogen) atoms. The molecular weight excluding hydrogens is 374 g/mol. The molecular formula is C21H21N3O3S. The zero-order valence-electron chi connectivity index (χ0n) is 15.5.